The van der Waals surface area contributed by atoms with Gasteiger partial charge in [0.15, 0.2) is 11.7 Å². The number of guanidine groups is 1. The standard InChI is InChI=1S/C15H23F3N4O.HI/c1-4-22(5-2)11(3)10-20-14(19)21-12-8-6-7-9-13(12)23-15(16,17)18;/h6-9,11H,4-5,10H2,1-3H3,(H3,19,20,21);1H. The number of ether oxygens (including phenoxy) is 1. The third-order valence-corrected chi connectivity index (χ3v) is 3.34. The molecule has 0 saturated heterocycles. The van der Waals surface area contributed by atoms with Crippen LogP contribution in [-0.2, 0) is 0 Å². The van der Waals surface area contributed by atoms with E-state index >= 15 is 0 Å². The average Bonchev–Trinajstić information content (AvgIpc) is 2.47. The molecule has 5 nitrogen and oxygen atoms in total. The van der Waals surface area contributed by atoms with Crippen LogP contribution in [0.25, 0.3) is 0 Å². The van der Waals surface area contributed by atoms with Crippen LogP contribution in [0.15, 0.2) is 29.3 Å². The van der Waals surface area contributed by atoms with Crippen LogP contribution in [0.3, 0.4) is 0 Å². The number of alkyl halides is 3. The van der Waals surface area contributed by atoms with Crippen LogP contribution in [0.4, 0.5) is 18.9 Å². The number of nitrogens with one attached hydrogen (secondary N) is 1. The van der Waals surface area contributed by atoms with E-state index < -0.39 is 6.36 Å². The summed E-state index contributed by atoms with van der Waals surface area (Å²) < 4.78 is 41.0. The number of hydrogen-bond acceptors (Lipinski definition) is 3. The third kappa shape index (κ3) is 8.04. The molecule has 0 bridgehead atoms. The Morgan fingerprint density at radius 1 is 1.29 bits per heavy atom. The van der Waals surface area contributed by atoms with Gasteiger partial charge >= 0.3 is 6.36 Å². The average molecular weight is 460 g/mol. The zero-order valence-electron chi connectivity index (χ0n) is 13.9. The van der Waals surface area contributed by atoms with Gasteiger partial charge in [0.1, 0.15) is 0 Å². The van der Waals surface area contributed by atoms with Crippen molar-refractivity contribution in [1.29, 1.82) is 0 Å². The molecule has 0 aliphatic carbocycles. The second-order valence-corrected chi connectivity index (χ2v) is 4.97. The van der Waals surface area contributed by atoms with E-state index in [1.807, 2.05) is 6.92 Å². The molecule has 3 N–H and O–H groups in total. The van der Waals surface area contributed by atoms with E-state index in [0.29, 0.717) is 6.54 Å². The van der Waals surface area contributed by atoms with E-state index in [4.69, 9.17) is 5.73 Å². The molecule has 1 aromatic rings. The van der Waals surface area contributed by atoms with Gasteiger partial charge in [-0.2, -0.15) is 0 Å². The van der Waals surface area contributed by atoms with Crippen molar-refractivity contribution in [3.8, 4) is 5.75 Å². The lowest BCUT2D eigenvalue weighted by Crippen LogP contribution is -2.36. The number of nitrogens with two attached hydrogens (primary N) is 1. The molecule has 0 saturated carbocycles. The molecule has 0 fully saturated rings. The van der Waals surface area contributed by atoms with Crippen molar-refractivity contribution in [3.05, 3.63) is 24.3 Å². The van der Waals surface area contributed by atoms with Gasteiger partial charge in [-0.05, 0) is 32.1 Å². The SMILES string of the molecule is CCN(CC)C(C)CN=C(N)Nc1ccccc1OC(F)(F)F.I. The van der Waals surface area contributed by atoms with Gasteiger partial charge < -0.3 is 15.8 Å². The molecule has 0 aliphatic heterocycles. The molecule has 0 amide bonds. The molecule has 0 spiro atoms. The molecule has 0 radical (unpaired) electrons. The van der Waals surface area contributed by atoms with Crippen molar-refractivity contribution in [2.75, 3.05) is 25.0 Å². The van der Waals surface area contributed by atoms with Crippen molar-refractivity contribution in [2.45, 2.75) is 33.2 Å². The highest BCUT2D eigenvalue weighted by Gasteiger charge is 2.32. The maximum atomic E-state index is 12.4. The minimum Gasteiger partial charge on any atom is -0.404 e. The normalized spacial score (nSPS) is 13.4. The van der Waals surface area contributed by atoms with Crippen molar-refractivity contribution in [2.24, 2.45) is 10.7 Å². The number of likely N-dealkylation sites (N-methyl/N-ethyl adjacent to an activating group) is 1. The monoisotopic (exact) mass is 460 g/mol. The highest BCUT2D eigenvalue weighted by molar-refractivity contribution is 14.0. The van der Waals surface area contributed by atoms with E-state index in [1.54, 1.807) is 6.07 Å². The molecule has 1 rings (SSSR count). The number of rotatable bonds is 7. The third-order valence-electron chi connectivity index (χ3n) is 3.34. The van der Waals surface area contributed by atoms with Gasteiger partial charge in [0.2, 0.25) is 0 Å². The first-order valence-corrected chi connectivity index (χ1v) is 7.42. The van der Waals surface area contributed by atoms with Gasteiger partial charge in [-0.3, -0.25) is 9.89 Å². The lowest BCUT2D eigenvalue weighted by Gasteiger charge is -2.24. The lowest BCUT2D eigenvalue weighted by atomic mass is 10.3. The maximum Gasteiger partial charge on any atom is 0.573 e. The van der Waals surface area contributed by atoms with Crippen molar-refractivity contribution >= 4 is 35.6 Å². The molecule has 1 atom stereocenters. The molecule has 0 heterocycles. The van der Waals surface area contributed by atoms with Crippen LogP contribution < -0.4 is 15.8 Å². The Balaban J connectivity index is 0.00000529. The van der Waals surface area contributed by atoms with Crippen molar-refractivity contribution in [1.82, 2.24) is 4.90 Å². The Morgan fingerprint density at radius 2 is 1.88 bits per heavy atom. The minimum atomic E-state index is -4.76. The van der Waals surface area contributed by atoms with E-state index in [9.17, 15) is 13.2 Å². The summed E-state index contributed by atoms with van der Waals surface area (Å²) >= 11 is 0. The summed E-state index contributed by atoms with van der Waals surface area (Å²) in [6.07, 6.45) is -4.76. The van der Waals surface area contributed by atoms with Gasteiger partial charge in [0.05, 0.1) is 12.2 Å². The Labute approximate surface area is 157 Å². The number of benzene rings is 1. The molecule has 24 heavy (non-hydrogen) atoms. The Bertz CT molecular complexity index is 522. The first-order chi connectivity index (χ1) is 10.8. The fraction of sp³-hybridized carbons (Fsp3) is 0.533. The van der Waals surface area contributed by atoms with Crippen LogP contribution in [0.5, 0.6) is 5.75 Å². The molecule has 1 unspecified atom stereocenters. The fourth-order valence-electron chi connectivity index (χ4n) is 2.15. The number of halogens is 4. The van der Waals surface area contributed by atoms with Crippen LogP contribution >= 0.6 is 24.0 Å². The van der Waals surface area contributed by atoms with Gasteiger partial charge in [-0.25, -0.2) is 0 Å². The Hall–Kier alpha value is -1.23. The van der Waals surface area contributed by atoms with E-state index in [0.717, 1.165) is 13.1 Å². The summed E-state index contributed by atoms with van der Waals surface area (Å²) in [7, 11) is 0. The largest absolute Gasteiger partial charge is 0.573 e. The zero-order chi connectivity index (χ0) is 17.5. The van der Waals surface area contributed by atoms with Crippen LogP contribution in [0.1, 0.15) is 20.8 Å². The summed E-state index contributed by atoms with van der Waals surface area (Å²) in [4.78, 5) is 6.38. The van der Waals surface area contributed by atoms with Crippen LogP contribution in [0, 0.1) is 0 Å². The highest BCUT2D eigenvalue weighted by Crippen LogP contribution is 2.29. The van der Waals surface area contributed by atoms with Crippen LogP contribution in [0.2, 0.25) is 0 Å². The topological polar surface area (TPSA) is 62.9 Å². The predicted octanol–water partition coefficient (Wildman–Crippen LogP) is 3.66. The summed E-state index contributed by atoms with van der Waals surface area (Å²) in [6, 6.07) is 5.87. The van der Waals surface area contributed by atoms with Gasteiger partial charge in [0, 0.05) is 6.04 Å². The lowest BCUT2D eigenvalue weighted by molar-refractivity contribution is -0.274. The fourth-order valence-corrected chi connectivity index (χ4v) is 2.15. The van der Waals surface area contributed by atoms with Gasteiger partial charge in [-0.15, -0.1) is 37.1 Å². The molecular weight excluding hydrogens is 436 g/mol. The predicted molar refractivity (Wildman–Crippen MR) is 101 cm³/mol. The first kappa shape index (κ1) is 22.8. The maximum absolute atomic E-state index is 12.4. The second-order valence-electron chi connectivity index (χ2n) is 4.97. The van der Waals surface area contributed by atoms with Crippen molar-refractivity contribution in [3.63, 3.8) is 0 Å². The first-order valence-electron chi connectivity index (χ1n) is 7.42. The van der Waals surface area contributed by atoms with E-state index in [1.165, 1.54) is 18.2 Å². The summed E-state index contributed by atoms with van der Waals surface area (Å²) in [5, 5.41) is 2.65. The van der Waals surface area contributed by atoms with Crippen molar-refractivity contribution < 1.29 is 17.9 Å². The van der Waals surface area contributed by atoms with Gasteiger partial charge in [0.25, 0.3) is 0 Å². The summed E-state index contributed by atoms with van der Waals surface area (Å²) in [6.45, 7) is 8.35. The van der Waals surface area contributed by atoms with Crippen LogP contribution in [-0.4, -0.2) is 42.9 Å². The van der Waals surface area contributed by atoms with E-state index in [-0.39, 0.29) is 47.4 Å². The number of anilines is 1. The number of para-hydroxylation sites is 2. The summed E-state index contributed by atoms with van der Waals surface area (Å²) in [5.74, 6) is -0.308. The Morgan fingerprint density at radius 3 is 2.42 bits per heavy atom. The zero-order valence-corrected chi connectivity index (χ0v) is 16.3. The Kier molecular flexibility index (Phi) is 10.1. The summed E-state index contributed by atoms with van der Waals surface area (Å²) in [5.41, 5.74) is 5.87. The van der Waals surface area contributed by atoms with E-state index in [2.05, 4.69) is 33.8 Å². The number of hydrogen-bond donors (Lipinski definition) is 2. The molecular formula is C15H24F3IN4O. The molecule has 1 aromatic carbocycles. The molecule has 9 heteroatoms. The smallest absolute Gasteiger partial charge is 0.404 e. The second kappa shape index (κ2) is 10.6. The van der Waals surface area contributed by atoms with Gasteiger partial charge in [-0.1, -0.05) is 26.0 Å². The number of nitrogens with zero attached hydrogens (tertiary/aromatic N) is 2. The quantitative estimate of drug-likeness (QED) is 0.371. The molecule has 0 aliphatic rings. The minimum absolute atomic E-state index is 0. The number of aliphatic imine (C=N–C) groups is 1. The molecule has 138 valence electrons. The highest BCUT2D eigenvalue weighted by atomic mass is 127. The molecule has 0 aromatic heterocycles.